The van der Waals surface area contributed by atoms with E-state index in [1.807, 2.05) is 20.9 Å². The lowest BCUT2D eigenvalue weighted by molar-refractivity contribution is 0.0663. The predicted molar refractivity (Wildman–Crippen MR) is 149 cm³/mol. The second-order valence-corrected chi connectivity index (χ2v) is 9.77. The van der Waals surface area contributed by atoms with Crippen LogP contribution in [-0.2, 0) is 0 Å². The summed E-state index contributed by atoms with van der Waals surface area (Å²) in [5, 5.41) is 3.41. The number of nitrogens with one attached hydrogen (secondary N) is 2. The van der Waals surface area contributed by atoms with Gasteiger partial charge in [-0.3, -0.25) is 9.59 Å². The Bertz CT molecular complexity index is 1550. The summed E-state index contributed by atoms with van der Waals surface area (Å²) >= 11 is 0. The fourth-order valence-electron chi connectivity index (χ4n) is 4.45. The van der Waals surface area contributed by atoms with Crippen LogP contribution < -0.4 is 10.1 Å². The largest absolute Gasteiger partial charge is 0.435 e. The highest BCUT2D eigenvalue weighted by Gasteiger charge is 2.26. The number of aromatic nitrogens is 4. The number of hydrogen-bond donors (Lipinski definition) is 2. The standard InChI is InChI=1S/C28H31FN8O3/c1-5-36(4)28(39)23-25(34-22-9-6-18(15-30-22)27(38)37-12-10-35(3)11-13-37)31-16-32-26(23)40-21-8-7-20-19(24(21)29)14-17(2)33-20/h6-9,14-16,33H,5,10-13H2,1-4H3,(H,30,31,32,34). The van der Waals surface area contributed by atoms with Crippen molar-refractivity contribution in [3.8, 4) is 11.6 Å². The van der Waals surface area contributed by atoms with Crippen molar-refractivity contribution in [1.29, 1.82) is 0 Å². The van der Waals surface area contributed by atoms with Crippen molar-refractivity contribution in [3.05, 3.63) is 65.5 Å². The molecular weight excluding hydrogens is 515 g/mol. The first-order valence-electron chi connectivity index (χ1n) is 13.0. The number of benzene rings is 1. The van der Waals surface area contributed by atoms with Gasteiger partial charge in [0.05, 0.1) is 5.56 Å². The first-order valence-corrected chi connectivity index (χ1v) is 13.0. The number of aryl methyl sites for hydroxylation is 1. The lowest BCUT2D eigenvalue weighted by Crippen LogP contribution is -2.47. The molecule has 2 N–H and O–H groups in total. The Morgan fingerprint density at radius 3 is 2.60 bits per heavy atom. The van der Waals surface area contributed by atoms with Crippen molar-refractivity contribution in [2.45, 2.75) is 13.8 Å². The minimum absolute atomic E-state index is 0.0241. The number of pyridine rings is 1. The Kier molecular flexibility index (Phi) is 7.60. The molecule has 4 heterocycles. The van der Waals surface area contributed by atoms with Gasteiger partial charge < -0.3 is 29.7 Å². The Morgan fingerprint density at radius 1 is 1.12 bits per heavy atom. The zero-order valence-corrected chi connectivity index (χ0v) is 22.9. The maximum atomic E-state index is 15.3. The first kappa shape index (κ1) is 27.0. The summed E-state index contributed by atoms with van der Waals surface area (Å²) in [5.74, 6) is -0.740. The number of anilines is 2. The number of amides is 2. The third-order valence-electron chi connectivity index (χ3n) is 6.94. The molecule has 1 aliphatic heterocycles. The van der Waals surface area contributed by atoms with Crippen molar-refractivity contribution >= 4 is 34.4 Å². The molecular formula is C28H31FN8O3. The van der Waals surface area contributed by atoms with Gasteiger partial charge in [0.25, 0.3) is 11.8 Å². The maximum absolute atomic E-state index is 15.3. The number of H-pyrrole nitrogens is 1. The highest BCUT2D eigenvalue weighted by molar-refractivity contribution is 6.01. The molecule has 0 aliphatic carbocycles. The zero-order valence-electron chi connectivity index (χ0n) is 22.9. The average Bonchev–Trinajstić information content (AvgIpc) is 3.35. The van der Waals surface area contributed by atoms with Gasteiger partial charge in [-0.15, -0.1) is 0 Å². The molecule has 0 bridgehead atoms. The van der Waals surface area contributed by atoms with Crippen LogP contribution in [0.4, 0.5) is 16.0 Å². The van der Waals surface area contributed by atoms with E-state index in [0.29, 0.717) is 41.9 Å². The van der Waals surface area contributed by atoms with Gasteiger partial charge in [-0.1, -0.05) is 0 Å². The van der Waals surface area contributed by atoms with E-state index in [-0.39, 0.29) is 28.9 Å². The van der Waals surface area contributed by atoms with Crippen LogP contribution in [0, 0.1) is 12.7 Å². The van der Waals surface area contributed by atoms with Crippen molar-refractivity contribution in [2.24, 2.45) is 0 Å². The zero-order chi connectivity index (χ0) is 28.4. The highest BCUT2D eigenvalue weighted by atomic mass is 19.1. The van der Waals surface area contributed by atoms with E-state index in [1.165, 1.54) is 23.5 Å². The van der Waals surface area contributed by atoms with Crippen LogP contribution in [-0.4, -0.2) is 93.3 Å². The number of rotatable bonds is 7. The van der Waals surface area contributed by atoms with E-state index in [2.05, 4.69) is 30.2 Å². The van der Waals surface area contributed by atoms with Gasteiger partial charge in [0.15, 0.2) is 17.4 Å². The monoisotopic (exact) mass is 546 g/mol. The Morgan fingerprint density at radius 2 is 1.90 bits per heavy atom. The van der Waals surface area contributed by atoms with Crippen LogP contribution >= 0.6 is 0 Å². The van der Waals surface area contributed by atoms with Crippen LogP contribution in [0.5, 0.6) is 11.6 Å². The van der Waals surface area contributed by atoms with Crippen LogP contribution in [0.2, 0.25) is 0 Å². The topological polar surface area (TPSA) is 120 Å². The minimum Gasteiger partial charge on any atom is -0.435 e. The summed E-state index contributed by atoms with van der Waals surface area (Å²) in [4.78, 5) is 47.6. The number of nitrogens with zero attached hydrogens (tertiary/aromatic N) is 6. The quantitative estimate of drug-likeness (QED) is 0.359. The number of likely N-dealkylation sites (N-methyl/N-ethyl adjacent to an activating group) is 1. The first-order chi connectivity index (χ1) is 19.2. The minimum atomic E-state index is -0.570. The summed E-state index contributed by atoms with van der Waals surface area (Å²) in [5.41, 5.74) is 1.93. The SMILES string of the molecule is CCN(C)C(=O)c1c(Nc2ccc(C(=O)N3CCN(C)CC3)cn2)ncnc1Oc1ccc2[nH]c(C)cc2c1F. The second kappa shape index (κ2) is 11.3. The average molecular weight is 547 g/mol. The van der Waals surface area contributed by atoms with E-state index in [4.69, 9.17) is 4.74 Å². The van der Waals surface area contributed by atoms with Gasteiger partial charge in [0, 0.05) is 62.6 Å². The number of piperazine rings is 1. The molecule has 1 aliphatic rings. The van der Waals surface area contributed by atoms with Gasteiger partial charge in [-0.05, 0) is 51.2 Å². The molecule has 0 radical (unpaired) electrons. The summed E-state index contributed by atoms with van der Waals surface area (Å²) in [7, 11) is 3.66. The third kappa shape index (κ3) is 5.43. The van der Waals surface area contributed by atoms with Gasteiger partial charge in [0.1, 0.15) is 17.7 Å². The van der Waals surface area contributed by atoms with Crippen LogP contribution in [0.15, 0.2) is 42.9 Å². The Labute approximate surface area is 231 Å². The van der Waals surface area contributed by atoms with E-state index >= 15 is 4.39 Å². The van der Waals surface area contributed by atoms with Crippen LogP contribution in [0.1, 0.15) is 33.3 Å². The second-order valence-electron chi connectivity index (χ2n) is 9.77. The molecule has 0 atom stereocenters. The molecule has 2 amide bonds. The molecule has 3 aromatic heterocycles. The molecule has 208 valence electrons. The third-order valence-corrected chi connectivity index (χ3v) is 6.94. The van der Waals surface area contributed by atoms with Gasteiger partial charge in [-0.2, -0.15) is 0 Å². The molecule has 5 rings (SSSR count). The smallest absolute Gasteiger partial charge is 0.262 e. The van der Waals surface area contributed by atoms with E-state index < -0.39 is 11.7 Å². The Hall–Kier alpha value is -4.58. The summed E-state index contributed by atoms with van der Waals surface area (Å²) in [6.45, 7) is 7.04. The molecule has 0 unspecified atom stereocenters. The van der Waals surface area contributed by atoms with Gasteiger partial charge in [0.2, 0.25) is 5.88 Å². The molecule has 40 heavy (non-hydrogen) atoms. The number of fused-ring (bicyclic) bond motifs is 1. The number of carbonyl (C=O) groups is 2. The molecule has 11 nitrogen and oxygen atoms in total. The molecule has 0 spiro atoms. The summed E-state index contributed by atoms with van der Waals surface area (Å²) in [6.07, 6.45) is 2.72. The van der Waals surface area contributed by atoms with Crippen molar-refractivity contribution in [2.75, 3.05) is 52.1 Å². The highest BCUT2D eigenvalue weighted by Crippen LogP contribution is 2.33. The summed E-state index contributed by atoms with van der Waals surface area (Å²) in [6, 6.07) is 8.20. The number of carbonyl (C=O) groups excluding carboxylic acids is 2. The molecule has 4 aromatic rings. The fourth-order valence-corrected chi connectivity index (χ4v) is 4.45. The lowest BCUT2D eigenvalue weighted by atomic mass is 10.2. The van der Waals surface area contributed by atoms with Crippen LogP contribution in [0.25, 0.3) is 10.9 Å². The fraction of sp³-hybridized carbons (Fsp3) is 0.321. The molecule has 0 saturated carbocycles. The van der Waals surface area contributed by atoms with Crippen molar-refractivity contribution in [3.63, 3.8) is 0 Å². The van der Waals surface area contributed by atoms with E-state index in [0.717, 1.165) is 18.8 Å². The number of ether oxygens (including phenoxy) is 1. The van der Waals surface area contributed by atoms with Gasteiger partial charge in [-0.25, -0.2) is 19.3 Å². The maximum Gasteiger partial charge on any atom is 0.262 e. The predicted octanol–water partition coefficient (Wildman–Crippen LogP) is 3.82. The van der Waals surface area contributed by atoms with Crippen LogP contribution in [0.3, 0.4) is 0 Å². The molecule has 1 aromatic carbocycles. The van der Waals surface area contributed by atoms with Gasteiger partial charge >= 0.3 is 0 Å². The number of aromatic amines is 1. The number of halogens is 1. The lowest BCUT2D eigenvalue weighted by Gasteiger charge is -2.32. The molecule has 1 fully saturated rings. The van der Waals surface area contributed by atoms with Crippen molar-refractivity contribution in [1.82, 2.24) is 34.6 Å². The Balaban J connectivity index is 1.43. The normalized spacial score (nSPS) is 13.9. The molecule has 12 heteroatoms. The number of hydrogen-bond acceptors (Lipinski definition) is 8. The molecule has 1 saturated heterocycles. The van der Waals surface area contributed by atoms with Crippen molar-refractivity contribution < 1.29 is 18.7 Å². The van der Waals surface area contributed by atoms with E-state index in [1.54, 1.807) is 36.2 Å². The summed E-state index contributed by atoms with van der Waals surface area (Å²) < 4.78 is 21.2. The van der Waals surface area contributed by atoms with E-state index in [9.17, 15) is 9.59 Å².